The average Bonchev–Trinajstić information content (AvgIpc) is 3.16. The van der Waals surface area contributed by atoms with Crippen LogP contribution in [0.4, 0.5) is 0 Å². The molecule has 0 unspecified atom stereocenters. The molecule has 4 rings (SSSR count). The van der Waals surface area contributed by atoms with E-state index in [1.807, 2.05) is 58.0 Å². The van der Waals surface area contributed by atoms with Gasteiger partial charge in [0, 0.05) is 57.2 Å². The van der Waals surface area contributed by atoms with Gasteiger partial charge in [0.25, 0.3) is 5.91 Å². The van der Waals surface area contributed by atoms with Crippen molar-refractivity contribution in [3.05, 3.63) is 71.7 Å². The molecule has 0 atom stereocenters. The summed E-state index contributed by atoms with van der Waals surface area (Å²) in [6, 6.07) is 13.4. The Hall–Kier alpha value is -2.75. The molecule has 8 nitrogen and oxygen atoms in total. The Balaban J connectivity index is 1.27. The van der Waals surface area contributed by atoms with E-state index in [0.29, 0.717) is 31.6 Å². The van der Waals surface area contributed by atoms with E-state index in [-0.39, 0.29) is 5.91 Å². The predicted octanol–water partition coefficient (Wildman–Crippen LogP) is 1.38. The van der Waals surface area contributed by atoms with Gasteiger partial charge in [-0.1, -0.05) is 18.2 Å². The zero-order valence-corrected chi connectivity index (χ0v) is 18.4. The molecule has 0 spiro atoms. The number of imidazole rings is 1. The molecular formula is C22H27N5O3S. The first-order chi connectivity index (χ1) is 14.9. The molecule has 1 aliphatic heterocycles. The molecule has 2 aromatic heterocycles. The topological polar surface area (TPSA) is 87.0 Å². The second kappa shape index (κ2) is 9.17. The molecule has 1 aliphatic rings. The lowest BCUT2D eigenvalue weighted by molar-refractivity contribution is 0.0627. The van der Waals surface area contributed by atoms with Gasteiger partial charge in [-0.25, -0.2) is 18.1 Å². The maximum Gasteiger partial charge on any atom is 0.253 e. The van der Waals surface area contributed by atoms with Crippen LogP contribution in [0.5, 0.6) is 0 Å². The summed E-state index contributed by atoms with van der Waals surface area (Å²) in [6.45, 7) is 4.13. The summed E-state index contributed by atoms with van der Waals surface area (Å²) in [5.41, 5.74) is 3.63. The number of carbonyl (C=O) groups is 1. The van der Waals surface area contributed by atoms with Crippen LogP contribution in [0.2, 0.25) is 0 Å². The Kier molecular flexibility index (Phi) is 6.35. The zero-order chi connectivity index (χ0) is 21.8. The van der Waals surface area contributed by atoms with E-state index in [0.717, 1.165) is 42.8 Å². The number of carbonyl (C=O) groups excluding carboxylic acids is 1. The van der Waals surface area contributed by atoms with Gasteiger partial charge in [0.2, 0.25) is 10.0 Å². The van der Waals surface area contributed by atoms with Crippen LogP contribution in [0.15, 0.2) is 54.9 Å². The Labute approximate surface area is 182 Å². The highest BCUT2D eigenvalue weighted by atomic mass is 32.2. The molecule has 3 heterocycles. The molecule has 0 aliphatic carbocycles. The summed E-state index contributed by atoms with van der Waals surface area (Å²) in [5, 5.41) is 0. The number of amides is 1. The van der Waals surface area contributed by atoms with Gasteiger partial charge < -0.3 is 9.30 Å². The van der Waals surface area contributed by atoms with Crippen molar-refractivity contribution in [2.45, 2.75) is 13.0 Å². The van der Waals surface area contributed by atoms with E-state index < -0.39 is 10.0 Å². The molecule has 0 saturated carbocycles. The number of benzene rings is 1. The normalized spacial score (nSPS) is 15.5. The number of pyridine rings is 1. The Morgan fingerprint density at radius 2 is 1.81 bits per heavy atom. The van der Waals surface area contributed by atoms with Crippen molar-refractivity contribution in [2.24, 2.45) is 0 Å². The average molecular weight is 442 g/mol. The van der Waals surface area contributed by atoms with Crippen LogP contribution in [0, 0.1) is 0 Å². The second-order valence-corrected chi connectivity index (χ2v) is 9.71. The summed E-state index contributed by atoms with van der Waals surface area (Å²) >= 11 is 0. The van der Waals surface area contributed by atoms with Gasteiger partial charge >= 0.3 is 0 Å². The fourth-order valence-corrected chi connectivity index (χ4v) is 4.25. The summed E-state index contributed by atoms with van der Waals surface area (Å²) in [6.07, 6.45) is 5.78. The molecular weight excluding hydrogens is 414 g/mol. The van der Waals surface area contributed by atoms with Gasteiger partial charge in [0.05, 0.1) is 11.9 Å². The van der Waals surface area contributed by atoms with Gasteiger partial charge in [0.15, 0.2) is 0 Å². The maximum absolute atomic E-state index is 12.8. The summed E-state index contributed by atoms with van der Waals surface area (Å²) in [5.74, 6) is 0.0354. The van der Waals surface area contributed by atoms with Crippen molar-refractivity contribution in [3.8, 4) is 0 Å². The van der Waals surface area contributed by atoms with Crippen LogP contribution >= 0.6 is 0 Å². The van der Waals surface area contributed by atoms with Gasteiger partial charge in [-0.15, -0.1) is 0 Å². The number of nitrogens with one attached hydrogen (secondary N) is 1. The van der Waals surface area contributed by atoms with E-state index in [9.17, 15) is 13.2 Å². The van der Waals surface area contributed by atoms with Crippen molar-refractivity contribution in [1.29, 1.82) is 0 Å². The quantitative estimate of drug-likeness (QED) is 0.599. The SMILES string of the molecule is CS(=O)(=O)NCCc1ccc(C(=O)N2CCN(Cc3cn4ccccc4n3)CC2)cc1. The van der Waals surface area contributed by atoms with E-state index in [1.165, 1.54) is 0 Å². The van der Waals surface area contributed by atoms with Crippen molar-refractivity contribution in [3.63, 3.8) is 0 Å². The van der Waals surface area contributed by atoms with Crippen molar-refractivity contribution in [2.75, 3.05) is 39.0 Å². The summed E-state index contributed by atoms with van der Waals surface area (Å²) in [7, 11) is -3.18. The second-order valence-electron chi connectivity index (χ2n) is 7.88. The van der Waals surface area contributed by atoms with Gasteiger partial charge in [-0.2, -0.15) is 0 Å². The highest BCUT2D eigenvalue weighted by Gasteiger charge is 2.22. The minimum atomic E-state index is -3.18. The van der Waals surface area contributed by atoms with E-state index in [2.05, 4.69) is 20.8 Å². The number of hydrogen-bond donors (Lipinski definition) is 1. The third kappa shape index (κ3) is 5.69. The molecule has 1 N–H and O–H groups in total. The minimum Gasteiger partial charge on any atom is -0.336 e. The highest BCUT2D eigenvalue weighted by Crippen LogP contribution is 2.13. The number of hydrogen-bond acceptors (Lipinski definition) is 5. The molecule has 1 saturated heterocycles. The van der Waals surface area contributed by atoms with Gasteiger partial charge in [0.1, 0.15) is 5.65 Å². The highest BCUT2D eigenvalue weighted by molar-refractivity contribution is 7.88. The third-order valence-electron chi connectivity index (χ3n) is 5.44. The van der Waals surface area contributed by atoms with Crippen LogP contribution in [0.3, 0.4) is 0 Å². The molecule has 1 aromatic carbocycles. The van der Waals surface area contributed by atoms with Gasteiger partial charge in [-0.3, -0.25) is 9.69 Å². The number of fused-ring (bicyclic) bond motifs is 1. The standard InChI is InChI=1S/C22H27N5O3S/c1-31(29,30)23-10-9-18-5-7-19(8-6-18)22(28)26-14-12-25(13-15-26)16-20-17-27-11-3-2-4-21(27)24-20/h2-8,11,17,23H,9-10,12-16H2,1H3. The molecule has 164 valence electrons. The molecule has 1 amide bonds. The zero-order valence-electron chi connectivity index (χ0n) is 17.6. The Morgan fingerprint density at radius 3 is 2.48 bits per heavy atom. The number of piperazine rings is 1. The Bertz CT molecular complexity index is 1120. The lowest BCUT2D eigenvalue weighted by Crippen LogP contribution is -2.48. The van der Waals surface area contributed by atoms with E-state index in [4.69, 9.17) is 0 Å². The van der Waals surface area contributed by atoms with Gasteiger partial charge in [-0.05, 0) is 36.2 Å². The summed E-state index contributed by atoms with van der Waals surface area (Å²) < 4.78 is 26.8. The van der Waals surface area contributed by atoms with E-state index in [1.54, 1.807) is 0 Å². The summed E-state index contributed by atoms with van der Waals surface area (Å²) in [4.78, 5) is 21.7. The fraction of sp³-hybridized carbons (Fsp3) is 0.364. The Morgan fingerprint density at radius 1 is 1.06 bits per heavy atom. The molecule has 3 aromatic rings. The fourth-order valence-electron chi connectivity index (χ4n) is 3.78. The third-order valence-corrected chi connectivity index (χ3v) is 6.17. The van der Waals surface area contributed by atoms with E-state index >= 15 is 0 Å². The molecule has 0 radical (unpaired) electrons. The minimum absolute atomic E-state index is 0.0354. The van der Waals surface area contributed by atoms with Crippen LogP contribution in [-0.4, -0.2) is 72.5 Å². The maximum atomic E-state index is 12.8. The lowest BCUT2D eigenvalue weighted by atomic mass is 10.1. The van der Waals surface area contributed by atoms with Crippen LogP contribution in [-0.2, 0) is 23.0 Å². The molecule has 31 heavy (non-hydrogen) atoms. The molecule has 0 bridgehead atoms. The number of sulfonamides is 1. The van der Waals surface area contributed by atoms with Crippen LogP contribution in [0.25, 0.3) is 5.65 Å². The predicted molar refractivity (Wildman–Crippen MR) is 119 cm³/mol. The van der Waals surface area contributed by atoms with Crippen LogP contribution in [0.1, 0.15) is 21.6 Å². The van der Waals surface area contributed by atoms with Crippen molar-refractivity contribution < 1.29 is 13.2 Å². The monoisotopic (exact) mass is 441 g/mol. The molecule has 9 heteroatoms. The number of nitrogens with zero attached hydrogens (tertiary/aromatic N) is 4. The number of aromatic nitrogens is 2. The number of rotatable bonds is 7. The first-order valence-electron chi connectivity index (χ1n) is 10.4. The van der Waals surface area contributed by atoms with Crippen LogP contribution < -0.4 is 4.72 Å². The largest absolute Gasteiger partial charge is 0.336 e. The molecule has 1 fully saturated rings. The first kappa shape index (κ1) is 21.5. The van der Waals surface area contributed by atoms with Crippen molar-refractivity contribution in [1.82, 2.24) is 23.9 Å². The smallest absolute Gasteiger partial charge is 0.253 e. The lowest BCUT2D eigenvalue weighted by Gasteiger charge is -2.34. The first-order valence-corrected chi connectivity index (χ1v) is 12.2. The van der Waals surface area contributed by atoms with Crippen molar-refractivity contribution >= 4 is 21.6 Å².